The molecular formula is C22H17F4N3. The molecule has 0 fully saturated rings. The average Bonchev–Trinajstić information content (AvgIpc) is 2.85. The first-order chi connectivity index (χ1) is 13.8. The van der Waals surface area contributed by atoms with E-state index < -0.39 is 11.9 Å². The number of aromatic nitrogens is 2. The Balaban J connectivity index is 1.76. The van der Waals surface area contributed by atoms with E-state index in [2.05, 4.69) is 15.1 Å². The first kappa shape index (κ1) is 19.3. The van der Waals surface area contributed by atoms with Gasteiger partial charge in [-0.3, -0.25) is 4.90 Å². The van der Waals surface area contributed by atoms with Crippen LogP contribution in [0.25, 0.3) is 16.8 Å². The average molecular weight is 399 g/mol. The summed E-state index contributed by atoms with van der Waals surface area (Å²) in [4.78, 5) is 2.08. The molecule has 0 radical (unpaired) electrons. The number of alkyl halides is 3. The van der Waals surface area contributed by atoms with Crippen molar-refractivity contribution in [3.63, 3.8) is 0 Å². The molecule has 0 amide bonds. The van der Waals surface area contributed by atoms with Crippen molar-refractivity contribution in [1.29, 1.82) is 0 Å². The van der Waals surface area contributed by atoms with Gasteiger partial charge in [0.2, 0.25) is 0 Å². The number of nitrogens with zero attached hydrogens (tertiary/aromatic N) is 3. The largest absolute Gasteiger partial charge is 0.435 e. The molecule has 1 aliphatic heterocycles. The van der Waals surface area contributed by atoms with Crippen molar-refractivity contribution >= 4 is 5.57 Å². The summed E-state index contributed by atoms with van der Waals surface area (Å²) >= 11 is 0. The number of hydrogen-bond donors (Lipinski definition) is 0. The van der Waals surface area contributed by atoms with E-state index in [1.807, 2.05) is 25.3 Å². The van der Waals surface area contributed by atoms with Crippen LogP contribution in [-0.4, -0.2) is 28.7 Å². The highest BCUT2D eigenvalue weighted by Crippen LogP contribution is 2.34. The highest BCUT2D eigenvalue weighted by molar-refractivity contribution is 5.83. The molecule has 1 aromatic heterocycles. The molecule has 0 atom stereocenters. The van der Waals surface area contributed by atoms with Gasteiger partial charge in [-0.2, -0.15) is 13.2 Å². The third-order valence-corrected chi connectivity index (χ3v) is 4.86. The van der Waals surface area contributed by atoms with Crippen LogP contribution in [0.4, 0.5) is 17.6 Å². The Hall–Kier alpha value is -3.06. The van der Waals surface area contributed by atoms with Crippen molar-refractivity contribution in [2.75, 3.05) is 13.6 Å². The van der Waals surface area contributed by atoms with Gasteiger partial charge in [0.25, 0.3) is 0 Å². The van der Waals surface area contributed by atoms with E-state index >= 15 is 0 Å². The molecule has 0 unspecified atom stereocenters. The Morgan fingerprint density at radius 1 is 0.931 bits per heavy atom. The molecule has 3 nitrogen and oxygen atoms in total. The summed E-state index contributed by atoms with van der Waals surface area (Å²) in [5, 5.41) is 7.04. The van der Waals surface area contributed by atoms with E-state index in [1.54, 1.807) is 24.3 Å². The molecule has 0 N–H and O–H groups in total. The van der Waals surface area contributed by atoms with E-state index in [0.717, 1.165) is 22.8 Å². The van der Waals surface area contributed by atoms with Gasteiger partial charge in [0.1, 0.15) is 5.82 Å². The molecule has 0 bridgehead atoms. The Labute approximate surface area is 165 Å². The van der Waals surface area contributed by atoms with Gasteiger partial charge in [0.15, 0.2) is 5.69 Å². The van der Waals surface area contributed by atoms with Gasteiger partial charge in [0, 0.05) is 24.2 Å². The second-order valence-electron chi connectivity index (χ2n) is 6.97. The lowest BCUT2D eigenvalue weighted by atomic mass is 9.92. The third-order valence-electron chi connectivity index (χ3n) is 4.86. The smallest absolute Gasteiger partial charge is 0.298 e. The molecule has 1 aliphatic rings. The van der Waals surface area contributed by atoms with E-state index in [0.29, 0.717) is 29.9 Å². The molecule has 3 aromatic rings. The van der Waals surface area contributed by atoms with Crippen molar-refractivity contribution in [3.8, 4) is 11.3 Å². The summed E-state index contributed by atoms with van der Waals surface area (Å²) in [7, 11) is 1.95. The molecule has 2 heterocycles. The summed E-state index contributed by atoms with van der Waals surface area (Å²) in [5.74, 6) is -0.299. The first-order valence-electron chi connectivity index (χ1n) is 9.01. The van der Waals surface area contributed by atoms with Gasteiger partial charge in [-0.1, -0.05) is 36.4 Å². The van der Waals surface area contributed by atoms with E-state index in [-0.39, 0.29) is 5.82 Å². The van der Waals surface area contributed by atoms with Crippen molar-refractivity contribution < 1.29 is 17.6 Å². The number of fused-ring (bicyclic) bond motifs is 1. The zero-order valence-electron chi connectivity index (χ0n) is 15.5. The molecule has 0 saturated carbocycles. The highest BCUT2D eigenvalue weighted by atomic mass is 19.4. The third kappa shape index (κ3) is 3.91. The zero-order chi connectivity index (χ0) is 20.6. The predicted molar refractivity (Wildman–Crippen MR) is 102 cm³/mol. The minimum absolute atomic E-state index is 0.299. The van der Waals surface area contributed by atoms with E-state index in [9.17, 15) is 17.6 Å². The Kier molecular flexibility index (Phi) is 4.92. The topological polar surface area (TPSA) is 29.0 Å². The predicted octanol–water partition coefficient (Wildman–Crippen LogP) is 5.18. The minimum atomic E-state index is -4.53. The van der Waals surface area contributed by atoms with Gasteiger partial charge in [0.05, 0.1) is 5.69 Å². The van der Waals surface area contributed by atoms with Crippen LogP contribution in [0.2, 0.25) is 0 Å². The normalized spacial score (nSPS) is 14.9. The summed E-state index contributed by atoms with van der Waals surface area (Å²) in [6.45, 7) is 1.26. The lowest BCUT2D eigenvalue weighted by Gasteiger charge is -2.15. The molecule has 29 heavy (non-hydrogen) atoms. The van der Waals surface area contributed by atoms with Gasteiger partial charge in [-0.15, -0.1) is 10.2 Å². The molecule has 2 aromatic carbocycles. The number of rotatable bonds is 2. The molecular weight excluding hydrogens is 382 g/mol. The highest BCUT2D eigenvalue weighted by Gasteiger charge is 2.33. The van der Waals surface area contributed by atoms with Gasteiger partial charge in [-0.25, -0.2) is 4.39 Å². The van der Waals surface area contributed by atoms with Crippen LogP contribution >= 0.6 is 0 Å². The molecule has 0 aliphatic carbocycles. The number of hydrogen-bond acceptors (Lipinski definition) is 3. The Morgan fingerprint density at radius 3 is 2.41 bits per heavy atom. The zero-order valence-corrected chi connectivity index (χ0v) is 15.5. The fourth-order valence-corrected chi connectivity index (χ4v) is 3.43. The Bertz CT molecular complexity index is 1070. The van der Waals surface area contributed by atoms with Crippen LogP contribution < -0.4 is 0 Å². The van der Waals surface area contributed by atoms with Gasteiger partial charge in [-0.05, 0) is 48.0 Å². The van der Waals surface area contributed by atoms with Crippen LogP contribution in [-0.2, 0) is 12.7 Å². The summed E-state index contributed by atoms with van der Waals surface area (Å²) in [6.07, 6.45) is -2.54. The van der Waals surface area contributed by atoms with E-state index in [1.165, 1.54) is 12.1 Å². The van der Waals surface area contributed by atoms with Crippen LogP contribution in [0.1, 0.15) is 22.4 Å². The van der Waals surface area contributed by atoms with Crippen molar-refractivity contribution in [2.24, 2.45) is 0 Å². The van der Waals surface area contributed by atoms with Crippen molar-refractivity contribution in [3.05, 3.63) is 88.9 Å². The van der Waals surface area contributed by atoms with Crippen LogP contribution in [0.15, 0.2) is 60.7 Å². The van der Waals surface area contributed by atoms with Crippen LogP contribution in [0, 0.1) is 5.82 Å². The lowest BCUT2D eigenvalue weighted by Crippen LogP contribution is -2.16. The SMILES string of the molecule is CN1CC=C(c2ccccc2F)c2ccc(-c3ccc(C(F)(F)F)nn3)cc2C1. The lowest BCUT2D eigenvalue weighted by molar-refractivity contribution is -0.141. The standard InChI is InChI=1S/C22H17F4N3/c1-29-11-10-17(18-4-2-3-5-19(18)23)16-7-6-14(12-15(16)13-29)20-8-9-21(28-27-20)22(24,25)26/h2-10,12H,11,13H2,1H3. The van der Waals surface area contributed by atoms with Crippen molar-refractivity contribution in [1.82, 2.24) is 15.1 Å². The number of likely N-dealkylation sites (N-methyl/N-ethyl adjacent to an activating group) is 1. The Morgan fingerprint density at radius 2 is 1.72 bits per heavy atom. The van der Waals surface area contributed by atoms with Crippen LogP contribution in [0.3, 0.4) is 0 Å². The van der Waals surface area contributed by atoms with Gasteiger partial charge < -0.3 is 0 Å². The second kappa shape index (κ2) is 7.40. The van der Waals surface area contributed by atoms with Crippen molar-refractivity contribution in [2.45, 2.75) is 12.7 Å². The molecule has 148 valence electrons. The second-order valence-corrected chi connectivity index (χ2v) is 6.97. The maximum absolute atomic E-state index is 14.4. The fourth-order valence-electron chi connectivity index (χ4n) is 3.43. The maximum atomic E-state index is 14.4. The summed E-state index contributed by atoms with van der Waals surface area (Å²) in [6, 6.07) is 14.4. The fraction of sp³-hybridized carbons (Fsp3) is 0.182. The molecule has 4 rings (SSSR count). The first-order valence-corrected chi connectivity index (χ1v) is 9.01. The quantitative estimate of drug-likeness (QED) is 0.556. The molecule has 0 saturated heterocycles. The molecule has 0 spiro atoms. The summed E-state index contributed by atoms with van der Waals surface area (Å²) in [5.41, 5.74) is 3.14. The van der Waals surface area contributed by atoms with Crippen LogP contribution in [0.5, 0.6) is 0 Å². The van der Waals surface area contributed by atoms with Gasteiger partial charge >= 0.3 is 6.18 Å². The summed E-state index contributed by atoms with van der Waals surface area (Å²) < 4.78 is 52.6. The minimum Gasteiger partial charge on any atom is -0.298 e. The number of halogens is 4. The molecule has 7 heteroatoms. The monoisotopic (exact) mass is 399 g/mol. The number of benzene rings is 2. The maximum Gasteiger partial charge on any atom is 0.435 e. The van der Waals surface area contributed by atoms with E-state index in [4.69, 9.17) is 0 Å².